The molecule has 3 aromatic rings. The molecule has 8 heteroatoms. The maximum absolute atomic E-state index is 13.7. The highest BCUT2D eigenvalue weighted by molar-refractivity contribution is 7.89. The van der Waals surface area contributed by atoms with Gasteiger partial charge < -0.3 is 5.32 Å². The van der Waals surface area contributed by atoms with Gasteiger partial charge in [-0.15, -0.1) is 0 Å². The van der Waals surface area contributed by atoms with Crippen LogP contribution < -0.4 is 5.32 Å². The van der Waals surface area contributed by atoms with Crippen molar-refractivity contribution in [2.45, 2.75) is 11.4 Å². The molecule has 0 aromatic heterocycles. The van der Waals surface area contributed by atoms with Crippen molar-refractivity contribution in [3.05, 3.63) is 95.6 Å². The van der Waals surface area contributed by atoms with Gasteiger partial charge in [0.2, 0.25) is 10.0 Å². The molecular formula is C21H18F2N2O3S. The van der Waals surface area contributed by atoms with Crippen LogP contribution in [0.4, 0.5) is 14.5 Å². The Kier molecular flexibility index (Phi) is 6.05. The monoisotopic (exact) mass is 416 g/mol. The van der Waals surface area contributed by atoms with Crippen molar-refractivity contribution < 1.29 is 22.0 Å². The first-order valence-electron chi connectivity index (χ1n) is 8.64. The summed E-state index contributed by atoms with van der Waals surface area (Å²) in [6, 6.07) is 17.2. The highest BCUT2D eigenvalue weighted by atomic mass is 32.2. The van der Waals surface area contributed by atoms with Crippen LogP contribution in [0.25, 0.3) is 0 Å². The standard InChI is InChI=1S/C21H18F2N2O3S/c1-25(29(27,28)18-5-3-2-4-6-18)14-15-7-9-16(10-8-15)21(26)24-20-12-11-17(22)13-19(20)23/h2-13H,14H2,1H3,(H,24,26). The minimum atomic E-state index is -3.63. The lowest BCUT2D eigenvalue weighted by Gasteiger charge is -2.17. The smallest absolute Gasteiger partial charge is 0.255 e. The summed E-state index contributed by atoms with van der Waals surface area (Å²) in [5, 5.41) is 2.37. The van der Waals surface area contributed by atoms with Crippen LogP contribution in [-0.2, 0) is 16.6 Å². The van der Waals surface area contributed by atoms with E-state index < -0.39 is 27.6 Å². The molecule has 5 nitrogen and oxygen atoms in total. The Hall–Kier alpha value is -3.10. The van der Waals surface area contributed by atoms with E-state index in [-0.39, 0.29) is 22.7 Å². The molecule has 0 atom stereocenters. The molecule has 0 spiro atoms. The molecule has 0 saturated heterocycles. The third kappa shape index (κ3) is 4.85. The first kappa shape index (κ1) is 20.6. The van der Waals surface area contributed by atoms with Crippen LogP contribution in [-0.4, -0.2) is 25.7 Å². The van der Waals surface area contributed by atoms with Gasteiger partial charge >= 0.3 is 0 Å². The Labute approximate surface area is 167 Å². The predicted molar refractivity (Wildman–Crippen MR) is 106 cm³/mol. The maximum atomic E-state index is 13.7. The fourth-order valence-corrected chi connectivity index (χ4v) is 3.84. The summed E-state index contributed by atoms with van der Waals surface area (Å²) in [6.07, 6.45) is 0. The average Bonchev–Trinajstić information content (AvgIpc) is 2.71. The van der Waals surface area contributed by atoms with Gasteiger partial charge in [-0.05, 0) is 42.0 Å². The molecule has 0 aliphatic carbocycles. The number of rotatable bonds is 6. The first-order chi connectivity index (χ1) is 13.8. The molecule has 0 unspecified atom stereocenters. The van der Waals surface area contributed by atoms with Crippen molar-refractivity contribution in [2.75, 3.05) is 12.4 Å². The Balaban J connectivity index is 1.69. The Morgan fingerprint density at radius 3 is 2.24 bits per heavy atom. The molecular weight excluding hydrogens is 398 g/mol. The third-order valence-electron chi connectivity index (χ3n) is 4.25. The zero-order chi connectivity index (χ0) is 21.0. The number of hydrogen-bond acceptors (Lipinski definition) is 3. The summed E-state index contributed by atoms with van der Waals surface area (Å²) in [6.45, 7) is 0.117. The van der Waals surface area contributed by atoms with Crippen LogP contribution in [0.15, 0.2) is 77.7 Å². The predicted octanol–water partition coefficient (Wildman–Crippen LogP) is 4.04. The summed E-state index contributed by atoms with van der Waals surface area (Å²) >= 11 is 0. The lowest BCUT2D eigenvalue weighted by Crippen LogP contribution is -2.26. The van der Waals surface area contributed by atoms with Crippen LogP contribution in [0.5, 0.6) is 0 Å². The first-order valence-corrected chi connectivity index (χ1v) is 10.1. The number of carbonyl (C=O) groups excluding carboxylic acids is 1. The quantitative estimate of drug-likeness (QED) is 0.660. The van der Waals surface area contributed by atoms with Gasteiger partial charge in [-0.3, -0.25) is 4.79 Å². The van der Waals surface area contributed by atoms with Crippen molar-refractivity contribution in [1.29, 1.82) is 0 Å². The lowest BCUT2D eigenvalue weighted by atomic mass is 10.1. The second-order valence-corrected chi connectivity index (χ2v) is 8.39. The number of hydrogen-bond donors (Lipinski definition) is 1. The van der Waals surface area contributed by atoms with Gasteiger partial charge in [-0.1, -0.05) is 30.3 Å². The number of nitrogens with one attached hydrogen (secondary N) is 1. The Bertz CT molecular complexity index is 1120. The van der Waals surface area contributed by atoms with E-state index in [9.17, 15) is 22.0 Å². The summed E-state index contributed by atoms with van der Waals surface area (Å²) in [7, 11) is -2.16. The van der Waals surface area contributed by atoms with Crippen LogP contribution in [0.1, 0.15) is 15.9 Å². The number of anilines is 1. The molecule has 3 aromatic carbocycles. The molecule has 150 valence electrons. The molecule has 1 N–H and O–H groups in total. The SMILES string of the molecule is CN(Cc1ccc(C(=O)Nc2ccc(F)cc2F)cc1)S(=O)(=O)c1ccccc1. The van der Waals surface area contributed by atoms with Gasteiger partial charge in [0.15, 0.2) is 0 Å². The lowest BCUT2D eigenvalue weighted by molar-refractivity contribution is 0.102. The largest absolute Gasteiger partial charge is 0.319 e. The number of sulfonamides is 1. The molecule has 0 bridgehead atoms. The molecule has 3 rings (SSSR count). The molecule has 0 saturated carbocycles. The van der Waals surface area contributed by atoms with Crippen molar-refractivity contribution >= 4 is 21.6 Å². The van der Waals surface area contributed by atoms with E-state index in [2.05, 4.69) is 5.32 Å². The van der Waals surface area contributed by atoms with E-state index in [1.54, 1.807) is 30.3 Å². The fraction of sp³-hybridized carbons (Fsp3) is 0.0952. The molecule has 0 aliphatic heterocycles. The Morgan fingerprint density at radius 2 is 1.62 bits per heavy atom. The van der Waals surface area contributed by atoms with E-state index in [4.69, 9.17) is 0 Å². The number of carbonyl (C=O) groups is 1. The van der Waals surface area contributed by atoms with Gasteiger partial charge in [0.05, 0.1) is 10.6 Å². The molecule has 0 radical (unpaired) electrons. The number of halogens is 2. The summed E-state index contributed by atoms with van der Waals surface area (Å²) in [4.78, 5) is 12.4. The van der Waals surface area contributed by atoms with Crippen molar-refractivity contribution in [2.24, 2.45) is 0 Å². The van der Waals surface area contributed by atoms with Gasteiger partial charge in [-0.25, -0.2) is 17.2 Å². The molecule has 1 amide bonds. The van der Waals surface area contributed by atoms with Crippen molar-refractivity contribution in [3.63, 3.8) is 0 Å². The number of amides is 1. The highest BCUT2D eigenvalue weighted by Crippen LogP contribution is 2.18. The van der Waals surface area contributed by atoms with E-state index in [1.165, 1.54) is 35.6 Å². The molecule has 0 heterocycles. The van der Waals surface area contributed by atoms with Crippen molar-refractivity contribution in [3.8, 4) is 0 Å². The third-order valence-corrected chi connectivity index (χ3v) is 6.07. The minimum absolute atomic E-state index is 0.117. The molecule has 29 heavy (non-hydrogen) atoms. The molecule has 0 aliphatic rings. The van der Waals surface area contributed by atoms with Gasteiger partial charge in [0.1, 0.15) is 11.6 Å². The topological polar surface area (TPSA) is 66.5 Å². The van der Waals surface area contributed by atoms with Gasteiger partial charge in [-0.2, -0.15) is 4.31 Å². The zero-order valence-corrected chi connectivity index (χ0v) is 16.3. The number of benzene rings is 3. The van der Waals surface area contributed by atoms with E-state index in [0.717, 1.165) is 12.1 Å². The summed E-state index contributed by atoms with van der Waals surface area (Å²) in [5.74, 6) is -2.17. The summed E-state index contributed by atoms with van der Waals surface area (Å²) < 4.78 is 53.0. The zero-order valence-electron chi connectivity index (χ0n) is 15.5. The molecule has 0 fully saturated rings. The van der Waals surface area contributed by atoms with Crippen LogP contribution in [0.3, 0.4) is 0 Å². The van der Waals surface area contributed by atoms with E-state index in [0.29, 0.717) is 11.6 Å². The second kappa shape index (κ2) is 8.50. The summed E-state index contributed by atoms with van der Waals surface area (Å²) in [5.41, 5.74) is 0.803. The van der Waals surface area contributed by atoms with Gasteiger partial charge in [0.25, 0.3) is 5.91 Å². The van der Waals surface area contributed by atoms with Crippen LogP contribution in [0, 0.1) is 11.6 Å². The second-order valence-electron chi connectivity index (χ2n) is 6.35. The van der Waals surface area contributed by atoms with Crippen LogP contribution >= 0.6 is 0 Å². The minimum Gasteiger partial charge on any atom is -0.319 e. The fourth-order valence-electron chi connectivity index (χ4n) is 2.66. The number of nitrogens with zero attached hydrogens (tertiary/aromatic N) is 1. The Morgan fingerprint density at radius 1 is 0.966 bits per heavy atom. The average molecular weight is 416 g/mol. The van der Waals surface area contributed by atoms with Gasteiger partial charge in [0, 0.05) is 25.2 Å². The van der Waals surface area contributed by atoms with E-state index in [1.807, 2.05) is 0 Å². The highest BCUT2D eigenvalue weighted by Gasteiger charge is 2.20. The normalized spacial score (nSPS) is 11.4. The van der Waals surface area contributed by atoms with Crippen molar-refractivity contribution in [1.82, 2.24) is 4.31 Å². The van der Waals surface area contributed by atoms with Crippen LogP contribution in [0.2, 0.25) is 0 Å². The maximum Gasteiger partial charge on any atom is 0.255 e. The van der Waals surface area contributed by atoms with E-state index >= 15 is 0 Å².